The smallest absolute Gasteiger partial charge is 0.125 e. The Morgan fingerprint density at radius 2 is 1.77 bits per heavy atom. The first-order chi connectivity index (χ1) is 10.3. The first-order valence-corrected chi connectivity index (χ1v) is 8.51. The Morgan fingerprint density at radius 3 is 2.27 bits per heavy atom. The molecule has 1 N–H and O–H groups in total. The van der Waals surface area contributed by atoms with Crippen LogP contribution in [0.25, 0.3) is 0 Å². The fraction of sp³-hybridized carbons (Fsp3) is 0.684. The van der Waals surface area contributed by atoms with Crippen LogP contribution >= 0.6 is 0 Å². The second-order valence-electron chi connectivity index (χ2n) is 6.77. The maximum absolute atomic E-state index is 10.7. The summed E-state index contributed by atoms with van der Waals surface area (Å²) in [6.45, 7) is 16.4. The molecule has 0 saturated heterocycles. The molecule has 3 heteroatoms. The highest BCUT2D eigenvalue weighted by Gasteiger charge is 2.20. The number of nitrogens with zero attached hydrogens (tertiary/aromatic N) is 1. The Bertz CT molecular complexity index is 447. The number of aliphatic hydroxyl groups excluding tert-OH is 1. The standard InChI is InChI=1S/C19H33NO2/c1-7-20(8-2)13-12-17(21)16-14-15(19(4,5)6)10-11-18(16)22-9-3/h10-11,14,17,21H,7-9,12-13H2,1-6H3. The molecule has 0 aliphatic heterocycles. The van der Waals surface area contributed by atoms with E-state index >= 15 is 0 Å². The molecule has 1 aromatic carbocycles. The van der Waals surface area contributed by atoms with E-state index in [1.807, 2.05) is 13.0 Å². The minimum atomic E-state index is -0.482. The first-order valence-electron chi connectivity index (χ1n) is 8.51. The van der Waals surface area contributed by atoms with Crippen molar-refractivity contribution in [1.82, 2.24) is 4.90 Å². The SMILES string of the molecule is CCOc1ccc(C(C)(C)C)cc1C(O)CCN(CC)CC. The second kappa shape index (κ2) is 8.54. The van der Waals surface area contributed by atoms with Crippen LogP contribution in [-0.4, -0.2) is 36.2 Å². The quantitative estimate of drug-likeness (QED) is 0.783. The van der Waals surface area contributed by atoms with E-state index in [0.29, 0.717) is 6.61 Å². The maximum atomic E-state index is 10.7. The lowest BCUT2D eigenvalue weighted by atomic mass is 9.85. The number of ether oxygens (including phenoxy) is 1. The molecule has 0 radical (unpaired) electrons. The van der Waals surface area contributed by atoms with Crippen LogP contribution in [0.15, 0.2) is 18.2 Å². The van der Waals surface area contributed by atoms with Gasteiger partial charge in [0.2, 0.25) is 0 Å². The van der Waals surface area contributed by atoms with Crippen molar-refractivity contribution in [2.75, 3.05) is 26.2 Å². The summed E-state index contributed by atoms with van der Waals surface area (Å²) in [7, 11) is 0. The molecule has 1 unspecified atom stereocenters. The van der Waals surface area contributed by atoms with E-state index in [0.717, 1.165) is 37.4 Å². The van der Waals surface area contributed by atoms with Gasteiger partial charge in [0.15, 0.2) is 0 Å². The van der Waals surface area contributed by atoms with Crippen LogP contribution < -0.4 is 4.74 Å². The second-order valence-corrected chi connectivity index (χ2v) is 6.77. The molecule has 22 heavy (non-hydrogen) atoms. The van der Waals surface area contributed by atoms with Crippen LogP contribution in [0, 0.1) is 0 Å². The molecule has 0 heterocycles. The lowest BCUT2D eigenvalue weighted by Crippen LogP contribution is -2.25. The average molecular weight is 307 g/mol. The molecule has 0 fully saturated rings. The normalized spacial score (nSPS) is 13.5. The fourth-order valence-corrected chi connectivity index (χ4v) is 2.56. The van der Waals surface area contributed by atoms with E-state index in [1.165, 1.54) is 5.56 Å². The predicted octanol–water partition coefficient (Wildman–Crippen LogP) is 4.15. The van der Waals surface area contributed by atoms with Gasteiger partial charge in [-0.2, -0.15) is 0 Å². The topological polar surface area (TPSA) is 32.7 Å². The fourth-order valence-electron chi connectivity index (χ4n) is 2.56. The Kier molecular flexibility index (Phi) is 7.37. The Hall–Kier alpha value is -1.06. The molecule has 0 saturated carbocycles. The lowest BCUT2D eigenvalue weighted by Gasteiger charge is -2.24. The molecule has 0 aliphatic rings. The minimum Gasteiger partial charge on any atom is -0.493 e. The molecule has 0 spiro atoms. The third-order valence-electron chi connectivity index (χ3n) is 4.15. The average Bonchev–Trinajstić information content (AvgIpc) is 2.47. The van der Waals surface area contributed by atoms with E-state index in [1.54, 1.807) is 0 Å². The van der Waals surface area contributed by atoms with Gasteiger partial charge in [0.25, 0.3) is 0 Å². The summed E-state index contributed by atoms with van der Waals surface area (Å²) in [5, 5.41) is 10.7. The van der Waals surface area contributed by atoms with Gasteiger partial charge < -0.3 is 14.7 Å². The van der Waals surface area contributed by atoms with Gasteiger partial charge in [-0.25, -0.2) is 0 Å². The summed E-state index contributed by atoms with van der Waals surface area (Å²) >= 11 is 0. The van der Waals surface area contributed by atoms with Crippen molar-refractivity contribution in [3.63, 3.8) is 0 Å². The van der Waals surface area contributed by atoms with E-state index in [2.05, 4.69) is 51.7 Å². The van der Waals surface area contributed by atoms with Gasteiger partial charge in [-0.3, -0.25) is 0 Å². The summed E-state index contributed by atoms with van der Waals surface area (Å²) in [5.41, 5.74) is 2.22. The number of rotatable bonds is 8. The monoisotopic (exact) mass is 307 g/mol. The number of aliphatic hydroxyl groups is 1. The van der Waals surface area contributed by atoms with E-state index < -0.39 is 6.10 Å². The van der Waals surface area contributed by atoms with Crippen molar-refractivity contribution in [3.8, 4) is 5.75 Å². The van der Waals surface area contributed by atoms with Crippen molar-refractivity contribution in [3.05, 3.63) is 29.3 Å². The van der Waals surface area contributed by atoms with E-state index in [4.69, 9.17) is 4.74 Å². The van der Waals surface area contributed by atoms with Crippen LogP contribution in [0.4, 0.5) is 0 Å². The highest BCUT2D eigenvalue weighted by Crippen LogP contribution is 2.33. The molecule has 0 aromatic heterocycles. The third kappa shape index (κ3) is 5.29. The minimum absolute atomic E-state index is 0.0675. The first kappa shape index (κ1) is 19.0. The van der Waals surface area contributed by atoms with Crippen LogP contribution in [0.2, 0.25) is 0 Å². The highest BCUT2D eigenvalue weighted by atomic mass is 16.5. The van der Waals surface area contributed by atoms with Gasteiger partial charge >= 0.3 is 0 Å². The lowest BCUT2D eigenvalue weighted by molar-refractivity contribution is 0.141. The van der Waals surface area contributed by atoms with Crippen molar-refractivity contribution in [2.45, 2.75) is 59.5 Å². The molecule has 0 aliphatic carbocycles. The summed E-state index contributed by atoms with van der Waals surface area (Å²) in [4.78, 5) is 2.33. The maximum Gasteiger partial charge on any atom is 0.125 e. The van der Waals surface area contributed by atoms with Gasteiger partial charge in [0.05, 0.1) is 12.7 Å². The number of hydrogen-bond donors (Lipinski definition) is 1. The molecule has 126 valence electrons. The predicted molar refractivity (Wildman–Crippen MR) is 93.7 cm³/mol. The molecule has 3 nitrogen and oxygen atoms in total. The Morgan fingerprint density at radius 1 is 1.14 bits per heavy atom. The number of benzene rings is 1. The summed E-state index contributed by atoms with van der Waals surface area (Å²) < 4.78 is 5.71. The summed E-state index contributed by atoms with van der Waals surface area (Å²) in [6, 6.07) is 6.21. The van der Waals surface area contributed by atoms with Gasteiger partial charge in [0, 0.05) is 12.1 Å². The Balaban J connectivity index is 2.97. The molecular formula is C19H33NO2. The molecule has 0 bridgehead atoms. The zero-order chi connectivity index (χ0) is 16.8. The highest BCUT2D eigenvalue weighted by molar-refractivity contribution is 5.41. The van der Waals surface area contributed by atoms with Gasteiger partial charge in [-0.1, -0.05) is 40.7 Å². The van der Waals surface area contributed by atoms with Gasteiger partial charge in [-0.15, -0.1) is 0 Å². The molecular weight excluding hydrogens is 274 g/mol. The van der Waals surface area contributed by atoms with Gasteiger partial charge in [-0.05, 0) is 49.5 Å². The molecule has 1 atom stereocenters. The summed E-state index contributed by atoms with van der Waals surface area (Å²) in [6.07, 6.45) is 0.250. The van der Waals surface area contributed by atoms with Crippen molar-refractivity contribution in [2.24, 2.45) is 0 Å². The zero-order valence-electron chi connectivity index (χ0n) is 15.1. The Labute approximate surface area is 136 Å². The van der Waals surface area contributed by atoms with Crippen molar-refractivity contribution >= 4 is 0 Å². The largest absolute Gasteiger partial charge is 0.493 e. The van der Waals surface area contributed by atoms with Crippen LogP contribution in [0.5, 0.6) is 5.75 Å². The third-order valence-corrected chi connectivity index (χ3v) is 4.15. The van der Waals surface area contributed by atoms with E-state index in [9.17, 15) is 5.11 Å². The van der Waals surface area contributed by atoms with E-state index in [-0.39, 0.29) is 5.41 Å². The molecule has 1 aromatic rings. The van der Waals surface area contributed by atoms with Crippen molar-refractivity contribution in [1.29, 1.82) is 0 Å². The summed E-state index contributed by atoms with van der Waals surface area (Å²) in [5.74, 6) is 0.808. The van der Waals surface area contributed by atoms with Crippen LogP contribution in [0.1, 0.15) is 65.2 Å². The zero-order valence-corrected chi connectivity index (χ0v) is 15.1. The van der Waals surface area contributed by atoms with Crippen molar-refractivity contribution < 1.29 is 9.84 Å². The van der Waals surface area contributed by atoms with Gasteiger partial charge in [0.1, 0.15) is 5.75 Å². The number of hydrogen-bond acceptors (Lipinski definition) is 3. The molecule has 1 rings (SSSR count). The van der Waals surface area contributed by atoms with Crippen LogP contribution in [-0.2, 0) is 5.41 Å². The molecule has 0 amide bonds. The van der Waals surface area contributed by atoms with Crippen LogP contribution in [0.3, 0.4) is 0 Å².